The molecule has 1 unspecified atom stereocenters. The lowest BCUT2D eigenvalue weighted by Gasteiger charge is -2.32. The number of carbonyl (C=O) groups is 1. The van der Waals surface area contributed by atoms with Crippen LogP contribution in [-0.2, 0) is 4.79 Å². The Bertz CT molecular complexity index is 1380. The van der Waals surface area contributed by atoms with Crippen molar-refractivity contribution < 1.29 is 14.3 Å². The second-order valence-corrected chi connectivity index (χ2v) is 9.84. The van der Waals surface area contributed by atoms with E-state index in [0.29, 0.717) is 25.1 Å². The maximum atomic E-state index is 13.4. The number of allylic oxidation sites excluding steroid dienone is 1. The lowest BCUT2D eigenvalue weighted by Crippen LogP contribution is -2.40. The number of aromatic nitrogens is 4. The van der Waals surface area contributed by atoms with Gasteiger partial charge in [-0.25, -0.2) is 8.91 Å². The maximum Gasteiger partial charge on any atom is 0.248 e. The SMILES string of the molecule is C#Cc1cnn2cc(-c3cnn(C4CCN(C(=O)CO)CC4)c3C)cc(SC3CC=C(F)C=N3)c12. The van der Waals surface area contributed by atoms with Crippen molar-refractivity contribution in [1.82, 2.24) is 24.3 Å². The van der Waals surface area contributed by atoms with Crippen molar-refractivity contribution in [3.05, 3.63) is 47.8 Å². The van der Waals surface area contributed by atoms with Crippen molar-refractivity contribution >= 4 is 29.4 Å². The Morgan fingerprint density at radius 3 is 2.80 bits per heavy atom. The Hall–Kier alpha value is -3.42. The number of aliphatic hydroxyl groups is 1. The fraction of sp³-hybridized carbons (Fsp3) is 0.360. The zero-order chi connectivity index (χ0) is 24.5. The number of aliphatic hydroxyl groups excluding tert-OH is 1. The molecule has 5 heterocycles. The molecule has 0 aliphatic carbocycles. The molecule has 1 amide bonds. The predicted octanol–water partition coefficient (Wildman–Crippen LogP) is 3.39. The molecule has 5 rings (SSSR count). The smallest absolute Gasteiger partial charge is 0.248 e. The molecule has 1 N–H and O–H groups in total. The van der Waals surface area contributed by atoms with E-state index < -0.39 is 6.61 Å². The van der Waals surface area contributed by atoms with Crippen LogP contribution in [0.2, 0.25) is 0 Å². The van der Waals surface area contributed by atoms with Gasteiger partial charge in [0.05, 0.1) is 35.7 Å². The molecule has 35 heavy (non-hydrogen) atoms. The Kier molecular flexibility index (Phi) is 6.45. The second-order valence-electron chi connectivity index (χ2n) is 8.62. The van der Waals surface area contributed by atoms with Crippen LogP contribution in [0.15, 0.2) is 46.4 Å². The molecule has 1 fully saturated rings. The van der Waals surface area contributed by atoms with Crippen molar-refractivity contribution in [2.24, 2.45) is 4.99 Å². The van der Waals surface area contributed by atoms with E-state index in [9.17, 15) is 9.18 Å². The third-order valence-electron chi connectivity index (χ3n) is 6.53. The van der Waals surface area contributed by atoms with Gasteiger partial charge >= 0.3 is 0 Å². The molecule has 2 aliphatic heterocycles. The van der Waals surface area contributed by atoms with Gasteiger partial charge in [-0.3, -0.25) is 14.5 Å². The first-order chi connectivity index (χ1) is 17.0. The maximum absolute atomic E-state index is 13.4. The number of likely N-dealkylation sites (tertiary alicyclic amines) is 1. The zero-order valence-electron chi connectivity index (χ0n) is 19.3. The molecule has 0 radical (unpaired) electrons. The molecule has 0 saturated carbocycles. The van der Waals surface area contributed by atoms with Crippen LogP contribution in [0, 0.1) is 19.3 Å². The molecule has 8 nitrogen and oxygen atoms in total. The van der Waals surface area contributed by atoms with Crippen LogP contribution in [0.25, 0.3) is 16.6 Å². The van der Waals surface area contributed by atoms with E-state index in [-0.39, 0.29) is 23.1 Å². The summed E-state index contributed by atoms with van der Waals surface area (Å²) in [6, 6.07) is 2.25. The van der Waals surface area contributed by atoms with Crippen LogP contribution in [0.1, 0.15) is 36.6 Å². The normalized spacial score (nSPS) is 18.6. The minimum Gasteiger partial charge on any atom is -0.387 e. The minimum absolute atomic E-state index is 0.148. The first kappa shape index (κ1) is 23.3. The van der Waals surface area contributed by atoms with Gasteiger partial charge < -0.3 is 10.0 Å². The van der Waals surface area contributed by atoms with Crippen LogP contribution < -0.4 is 0 Å². The van der Waals surface area contributed by atoms with E-state index in [1.54, 1.807) is 15.6 Å². The van der Waals surface area contributed by atoms with Gasteiger partial charge in [-0.1, -0.05) is 17.7 Å². The van der Waals surface area contributed by atoms with E-state index in [0.717, 1.165) is 40.1 Å². The van der Waals surface area contributed by atoms with Crippen LogP contribution in [-0.4, -0.2) is 66.6 Å². The number of halogens is 1. The highest BCUT2D eigenvalue weighted by Gasteiger charge is 2.26. The van der Waals surface area contributed by atoms with Crippen molar-refractivity contribution in [1.29, 1.82) is 0 Å². The molecule has 0 bridgehead atoms. The van der Waals surface area contributed by atoms with E-state index in [4.69, 9.17) is 11.5 Å². The van der Waals surface area contributed by atoms with Crippen molar-refractivity contribution in [2.45, 2.75) is 42.5 Å². The standard InChI is InChI=1S/C25H25FN6O2S/c1-3-17-11-28-31-14-18(10-22(25(17)31)35-23-5-4-19(26)12-27-23)21-13-29-32(16(21)2)20-6-8-30(9-7-20)24(34)15-33/h1,4,10-14,20,23,33H,5-9,15H2,2H3. The third kappa shape index (κ3) is 4.49. The number of dihydropyridines is 1. The van der Waals surface area contributed by atoms with Crippen LogP contribution in [0.3, 0.4) is 0 Å². The van der Waals surface area contributed by atoms with Crippen LogP contribution in [0.4, 0.5) is 4.39 Å². The molecular formula is C25H25FN6O2S. The largest absolute Gasteiger partial charge is 0.387 e. The number of amides is 1. The van der Waals surface area contributed by atoms with Crippen molar-refractivity contribution in [3.8, 4) is 23.5 Å². The average Bonchev–Trinajstić information content (AvgIpc) is 3.48. The first-order valence-corrected chi connectivity index (χ1v) is 12.3. The summed E-state index contributed by atoms with van der Waals surface area (Å²) in [5.74, 6) is 2.15. The Labute approximate surface area is 206 Å². The quantitative estimate of drug-likeness (QED) is 0.552. The summed E-state index contributed by atoms with van der Waals surface area (Å²) in [6.07, 6.45) is 16.1. The van der Waals surface area contributed by atoms with Gasteiger partial charge in [0.2, 0.25) is 5.91 Å². The monoisotopic (exact) mass is 492 g/mol. The molecular weight excluding hydrogens is 467 g/mol. The number of nitrogens with zero attached hydrogens (tertiary/aromatic N) is 6. The van der Waals surface area contributed by atoms with Gasteiger partial charge in [-0.2, -0.15) is 10.2 Å². The van der Waals surface area contributed by atoms with Gasteiger partial charge in [0, 0.05) is 47.4 Å². The molecule has 3 aromatic rings. The van der Waals surface area contributed by atoms with Gasteiger partial charge in [-0.05, 0) is 31.9 Å². The Morgan fingerprint density at radius 1 is 1.31 bits per heavy atom. The topological polar surface area (TPSA) is 88.0 Å². The van der Waals surface area contributed by atoms with Gasteiger partial charge in [-0.15, -0.1) is 6.42 Å². The number of piperidine rings is 1. The molecule has 2 aliphatic rings. The lowest BCUT2D eigenvalue weighted by atomic mass is 10.0. The number of hydrogen-bond donors (Lipinski definition) is 1. The molecule has 180 valence electrons. The number of fused-ring (bicyclic) bond motifs is 1. The van der Waals surface area contributed by atoms with E-state index >= 15 is 0 Å². The minimum atomic E-state index is -0.454. The summed E-state index contributed by atoms with van der Waals surface area (Å²) in [5.41, 5.74) is 4.48. The van der Waals surface area contributed by atoms with Gasteiger partial charge in [0.1, 0.15) is 17.8 Å². The number of hydrogen-bond acceptors (Lipinski definition) is 6. The highest BCUT2D eigenvalue weighted by molar-refractivity contribution is 8.00. The fourth-order valence-electron chi connectivity index (χ4n) is 4.67. The summed E-state index contributed by atoms with van der Waals surface area (Å²) in [5, 5.41) is 18.1. The summed E-state index contributed by atoms with van der Waals surface area (Å²) in [6.45, 7) is 2.79. The number of terminal acetylenes is 1. The first-order valence-electron chi connectivity index (χ1n) is 11.4. The number of thioether (sulfide) groups is 1. The summed E-state index contributed by atoms with van der Waals surface area (Å²) >= 11 is 1.53. The third-order valence-corrected chi connectivity index (χ3v) is 7.68. The predicted molar refractivity (Wildman–Crippen MR) is 133 cm³/mol. The lowest BCUT2D eigenvalue weighted by molar-refractivity contribution is -0.135. The van der Waals surface area contributed by atoms with E-state index in [2.05, 4.69) is 27.2 Å². The molecule has 10 heteroatoms. The summed E-state index contributed by atoms with van der Waals surface area (Å²) < 4.78 is 17.2. The number of carbonyl (C=O) groups excluding carboxylic acids is 1. The van der Waals surface area contributed by atoms with Crippen LogP contribution >= 0.6 is 11.8 Å². The van der Waals surface area contributed by atoms with Crippen molar-refractivity contribution in [3.63, 3.8) is 0 Å². The van der Waals surface area contributed by atoms with E-state index in [1.165, 1.54) is 24.1 Å². The van der Waals surface area contributed by atoms with E-state index in [1.807, 2.05) is 24.0 Å². The number of aliphatic imine (C=N–C) groups is 1. The molecule has 3 aromatic heterocycles. The second kappa shape index (κ2) is 9.68. The fourth-order valence-corrected chi connectivity index (χ4v) is 5.79. The number of rotatable bonds is 5. The molecule has 0 aromatic carbocycles. The van der Waals surface area contributed by atoms with Crippen molar-refractivity contribution in [2.75, 3.05) is 19.7 Å². The molecule has 1 saturated heterocycles. The zero-order valence-corrected chi connectivity index (χ0v) is 20.1. The Balaban J connectivity index is 1.46. The highest BCUT2D eigenvalue weighted by Crippen LogP contribution is 2.37. The summed E-state index contributed by atoms with van der Waals surface area (Å²) in [7, 11) is 0. The number of pyridine rings is 1. The van der Waals surface area contributed by atoms with Crippen LogP contribution in [0.5, 0.6) is 0 Å². The van der Waals surface area contributed by atoms with Gasteiger partial charge in [0.15, 0.2) is 0 Å². The van der Waals surface area contributed by atoms with Gasteiger partial charge in [0.25, 0.3) is 0 Å². The summed E-state index contributed by atoms with van der Waals surface area (Å²) in [4.78, 5) is 18.7. The molecule has 1 atom stereocenters. The molecule has 0 spiro atoms. The average molecular weight is 493 g/mol. The Morgan fingerprint density at radius 2 is 2.11 bits per heavy atom. The highest BCUT2D eigenvalue weighted by atomic mass is 32.2.